The van der Waals surface area contributed by atoms with Gasteiger partial charge in [0.15, 0.2) is 0 Å². The number of aromatic nitrogens is 1. The molecule has 2 aromatic rings. The summed E-state index contributed by atoms with van der Waals surface area (Å²) < 4.78 is 0. The Bertz CT molecular complexity index is 534. The van der Waals surface area contributed by atoms with E-state index in [1.807, 2.05) is 0 Å². The third kappa shape index (κ3) is 2.54. The van der Waals surface area contributed by atoms with Crippen LogP contribution in [0, 0.1) is 20.8 Å². The van der Waals surface area contributed by atoms with Crippen molar-refractivity contribution in [2.24, 2.45) is 5.90 Å². The number of thiazole rings is 1. The molecule has 0 saturated carbocycles. The summed E-state index contributed by atoms with van der Waals surface area (Å²) in [4.78, 5) is 10.4. The van der Waals surface area contributed by atoms with E-state index in [0.29, 0.717) is 6.61 Å². The van der Waals surface area contributed by atoms with Crippen molar-refractivity contribution in [3.8, 4) is 11.3 Å². The van der Waals surface area contributed by atoms with E-state index in [9.17, 15) is 0 Å². The lowest BCUT2D eigenvalue weighted by molar-refractivity contribution is 0.124. The molecule has 0 fully saturated rings. The Kier molecular flexibility index (Phi) is 3.57. The van der Waals surface area contributed by atoms with E-state index in [1.54, 1.807) is 11.3 Å². The largest absolute Gasteiger partial charge is 0.297 e. The Hall–Kier alpha value is -1.23. The van der Waals surface area contributed by atoms with Crippen molar-refractivity contribution < 1.29 is 4.84 Å². The highest BCUT2D eigenvalue weighted by molar-refractivity contribution is 7.12. The van der Waals surface area contributed by atoms with Gasteiger partial charge in [0.25, 0.3) is 0 Å². The zero-order valence-corrected chi connectivity index (χ0v) is 11.1. The van der Waals surface area contributed by atoms with Gasteiger partial charge in [-0.2, -0.15) is 0 Å². The van der Waals surface area contributed by atoms with Crippen molar-refractivity contribution >= 4 is 11.3 Å². The van der Waals surface area contributed by atoms with Crippen molar-refractivity contribution in [3.05, 3.63) is 39.2 Å². The number of benzene rings is 1. The van der Waals surface area contributed by atoms with E-state index in [1.165, 1.54) is 16.0 Å². The molecule has 0 spiro atoms. The minimum absolute atomic E-state index is 0.371. The van der Waals surface area contributed by atoms with Crippen molar-refractivity contribution in [1.82, 2.24) is 4.98 Å². The molecular formula is C13H16N2OS. The zero-order chi connectivity index (χ0) is 12.4. The summed E-state index contributed by atoms with van der Waals surface area (Å²) in [6.07, 6.45) is 0. The van der Waals surface area contributed by atoms with Crippen LogP contribution in [0.4, 0.5) is 0 Å². The summed E-state index contributed by atoms with van der Waals surface area (Å²) in [6, 6.07) is 6.41. The Morgan fingerprint density at radius 3 is 2.65 bits per heavy atom. The van der Waals surface area contributed by atoms with Gasteiger partial charge in [-0.1, -0.05) is 12.1 Å². The number of rotatable bonds is 3. The van der Waals surface area contributed by atoms with E-state index in [4.69, 9.17) is 5.90 Å². The molecule has 1 heterocycles. The SMILES string of the molecule is Cc1ccc(-c2nc(CON)sc2C)cc1C. The maximum absolute atomic E-state index is 5.07. The minimum atomic E-state index is 0.371. The first-order chi connectivity index (χ1) is 8.11. The molecule has 0 atom stereocenters. The van der Waals surface area contributed by atoms with Gasteiger partial charge in [0.1, 0.15) is 11.6 Å². The van der Waals surface area contributed by atoms with Gasteiger partial charge in [-0.25, -0.2) is 10.9 Å². The molecule has 2 N–H and O–H groups in total. The number of nitrogens with zero attached hydrogens (tertiary/aromatic N) is 1. The van der Waals surface area contributed by atoms with E-state index in [0.717, 1.165) is 16.3 Å². The summed E-state index contributed by atoms with van der Waals surface area (Å²) in [5.41, 5.74) is 4.77. The quantitative estimate of drug-likeness (QED) is 0.849. The van der Waals surface area contributed by atoms with Gasteiger partial charge in [-0.3, -0.25) is 4.84 Å². The monoisotopic (exact) mass is 248 g/mol. The molecule has 3 nitrogen and oxygen atoms in total. The van der Waals surface area contributed by atoms with Gasteiger partial charge in [0.2, 0.25) is 0 Å². The molecule has 90 valence electrons. The molecule has 0 bridgehead atoms. The van der Waals surface area contributed by atoms with Gasteiger partial charge in [0.05, 0.1) is 5.69 Å². The summed E-state index contributed by atoms with van der Waals surface area (Å²) in [5, 5.41) is 0.915. The first kappa shape index (κ1) is 12.2. The number of hydrogen-bond donors (Lipinski definition) is 1. The van der Waals surface area contributed by atoms with Gasteiger partial charge in [0, 0.05) is 10.4 Å². The maximum Gasteiger partial charge on any atom is 0.121 e. The Labute approximate surface area is 105 Å². The molecule has 1 aromatic carbocycles. The summed E-state index contributed by atoms with van der Waals surface area (Å²) >= 11 is 1.63. The summed E-state index contributed by atoms with van der Waals surface area (Å²) in [5.74, 6) is 5.07. The first-order valence-electron chi connectivity index (χ1n) is 5.47. The second-order valence-corrected chi connectivity index (χ2v) is 5.41. The van der Waals surface area contributed by atoms with Crippen LogP contribution in [0.3, 0.4) is 0 Å². The van der Waals surface area contributed by atoms with Crippen LogP contribution in [0.5, 0.6) is 0 Å². The fourth-order valence-corrected chi connectivity index (χ4v) is 2.62. The molecule has 0 aliphatic carbocycles. The van der Waals surface area contributed by atoms with Gasteiger partial charge >= 0.3 is 0 Å². The highest BCUT2D eigenvalue weighted by atomic mass is 32.1. The lowest BCUT2D eigenvalue weighted by Gasteiger charge is -2.03. The second-order valence-electron chi connectivity index (χ2n) is 4.12. The predicted molar refractivity (Wildman–Crippen MR) is 70.7 cm³/mol. The average Bonchev–Trinajstić information content (AvgIpc) is 2.64. The number of nitrogens with two attached hydrogens (primary N) is 1. The number of aryl methyl sites for hydroxylation is 3. The molecule has 1 aromatic heterocycles. The summed E-state index contributed by atoms with van der Waals surface area (Å²) in [6.45, 7) is 6.67. The van der Waals surface area contributed by atoms with Crippen LogP contribution in [0.2, 0.25) is 0 Å². The normalized spacial score (nSPS) is 10.8. The predicted octanol–water partition coefficient (Wildman–Crippen LogP) is 3.13. The van der Waals surface area contributed by atoms with Crippen molar-refractivity contribution in [2.75, 3.05) is 0 Å². The van der Waals surface area contributed by atoms with Crippen LogP contribution in [-0.2, 0) is 11.4 Å². The summed E-state index contributed by atoms with van der Waals surface area (Å²) in [7, 11) is 0. The molecule has 4 heteroatoms. The van der Waals surface area contributed by atoms with Gasteiger partial charge in [-0.05, 0) is 38.0 Å². The molecule has 0 amide bonds. The van der Waals surface area contributed by atoms with Crippen molar-refractivity contribution in [1.29, 1.82) is 0 Å². The Morgan fingerprint density at radius 1 is 1.24 bits per heavy atom. The van der Waals surface area contributed by atoms with E-state index in [-0.39, 0.29) is 0 Å². The minimum Gasteiger partial charge on any atom is -0.297 e. The van der Waals surface area contributed by atoms with Crippen molar-refractivity contribution in [3.63, 3.8) is 0 Å². The van der Waals surface area contributed by atoms with Crippen LogP contribution in [-0.4, -0.2) is 4.98 Å². The molecular weight excluding hydrogens is 232 g/mol. The Balaban J connectivity index is 2.41. The molecule has 0 radical (unpaired) electrons. The fraction of sp³-hybridized carbons (Fsp3) is 0.308. The third-order valence-corrected chi connectivity index (χ3v) is 3.77. The smallest absolute Gasteiger partial charge is 0.121 e. The van der Waals surface area contributed by atoms with Gasteiger partial charge in [-0.15, -0.1) is 11.3 Å². The lowest BCUT2D eigenvalue weighted by Crippen LogP contribution is -1.98. The van der Waals surface area contributed by atoms with E-state index in [2.05, 4.69) is 48.8 Å². The van der Waals surface area contributed by atoms with E-state index < -0.39 is 0 Å². The van der Waals surface area contributed by atoms with Crippen LogP contribution < -0.4 is 5.90 Å². The number of hydrogen-bond acceptors (Lipinski definition) is 4. The van der Waals surface area contributed by atoms with Crippen LogP contribution in [0.1, 0.15) is 21.0 Å². The van der Waals surface area contributed by atoms with Crippen LogP contribution >= 0.6 is 11.3 Å². The molecule has 0 unspecified atom stereocenters. The van der Waals surface area contributed by atoms with E-state index >= 15 is 0 Å². The first-order valence-corrected chi connectivity index (χ1v) is 6.29. The lowest BCUT2D eigenvalue weighted by atomic mass is 10.0. The third-order valence-electron chi connectivity index (χ3n) is 2.83. The standard InChI is InChI=1S/C13H16N2OS/c1-8-4-5-11(6-9(8)2)13-10(3)17-12(15-13)7-16-14/h4-6H,7,14H2,1-3H3. The maximum atomic E-state index is 5.07. The Morgan fingerprint density at radius 2 is 2.00 bits per heavy atom. The highest BCUT2D eigenvalue weighted by Gasteiger charge is 2.10. The molecule has 0 saturated heterocycles. The highest BCUT2D eigenvalue weighted by Crippen LogP contribution is 2.28. The fourth-order valence-electron chi connectivity index (χ4n) is 1.74. The topological polar surface area (TPSA) is 48.1 Å². The second kappa shape index (κ2) is 4.96. The average molecular weight is 248 g/mol. The van der Waals surface area contributed by atoms with Crippen LogP contribution in [0.25, 0.3) is 11.3 Å². The van der Waals surface area contributed by atoms with Gasteiger partial charge < -0.3 is 0 Å². The molecule has 2 rings (SSSR count). The van der Waals surface area contributed by atoms with Crippen molar-refractivity contribution in [2.45, 2.75) is 27.4 Å². The van der Waals surface area contributed by atoms with Crippen LogP contribution in [0.15, 0.2) is 18.2 Å². The molecule has 0 aliphatic heterocycles. The zero-order valence-electron chi connectivity index (χ0n) is 10.3. The molecule has 0 aliphatic rings. The molecule has 17 heavy (non-hydrogen) atoms.